The molecule has 1 heterocycles. The van der Waals surface area contributed by atoms with Crippen LogP contribution < -0.4 is 4.74 Å². The highest BCUT2D eigenvalue weighted by Gasteiger charge is 2.25. The number of phenolic OH excluding ortho intramolecular Hbond substituents is 1. The number of nitrogens with zero attached hydrogens (tertiary/aromatic N) is 3. The van der Waals surface area contributed by atoms with Crippen LogP contribution in [-0.2, 0) is 0 Å². The Kier molecular flexibility index (Phi) is 4.15. The van der Waals surface area contributed by atoms with Crippen LogP contribution in [0.15, 0.2) is 53.6 Å². The molecule has 3 rings (SSSR count). The minimum Gasteiger partial charge on any atom is -0.504 e. The van der Waals surface area contributed by atoms with Crippen LogP contribution >= 0.6 is 0 Å². The van der Waals surface area contributed by atoms with Crippen LogP contribution in [0.1, 0.15) is 23.6 Å². The van der Waals surface area contributed by atoms with Crippen molar-refractivity contribution in [3.63, 3.8) is 0 Å². The average molecular weight is 307 g/mol. The molecular formula is C18H17N3O2. The summed E-state index contributed by atoms with van der Waals surface area (Å²) in [6, 6.07) is 16.7. The van der Waals surface area contributed by atoms with Crippen LogP contribution in [0.5, 0.6) is 11.5 Å². The van der Waals surface area contributed by atoms with E-state index in [1.54, 1.807) is 17.1 Å². The maximum Gasteiger partial charge on any atom is 0.160 e. The summed E-state index contributed by atoms with van der Waals surface area (Å²) in [5, 5.41) is 25.7. The van der Waals surface area contributed by atoms with Crippen LogP contribution in [0.3, 0.4) is 0 Å². The zero-order chi connectivity index (χ0) is 16.2. The number of hydrogen-bond donors (Lipinski definition) is 1. The van der Waals surface area contributed by atoms with Gasteiger partial charge in [-0.1, -0.05) is 36.4 Å². The van der Waals surface area contributed by atoms with Gasteiger partial charge >= 0.3 is 0 Å². The number of aromatic hydroxyl groups is 1. The molecule has 0 saturated carbocycles. The fourth-order valence-corrected chi connectivity index (χ4v) is 2.67. The Labute approximate surface area is 135 Å². The van der Waals surface area contributed by atoms with E-state index in [2.05, 4.69) is 11.2 Å². The van der Waals surface area contributed by atoms with Crippen molar-refractivity contribution in [2.75, 3.05) is 13.7 Å². The fraction of sp³-hybridized carbons (Fsp3) is 0.222. The first kappa shape index (κ1) is 14.9. The molecule has 1 N–H and O–H groups in total. The fourth-order valence-electron chi connectivity index (χ4n) is 2.67. The topological polar surface area (TPSA) is 68.8 Å². The van der Waals surface area contributed by atoms with Gasteiger partial charge in [0.15, 0.2) is 17.5 Å². The molecular weight excluding hydrogens is 290 g/mol. The van der Waals surface area contributed by atoms with E-state index in [0.29, 0.717) is 12.3 Å². The third-order valence-corrected chi connectivity index (χ3v) is 3.87. The monoisotopic (exact) mass is 307 g/mol. The van der Waals surface area contributed by atoms with Gasteiger partial charge in [0.2, 0.25) is 0 Å². The highest BCUT2D eigenvalue weighted by molar-refractivity contribution is 6.01. The van der Waals surface area contributed by atoms with Crippen molar-refractivity contribution in [3.05, 3.63) is 59.7 Å². The number of nitriles is 1. The van der Waals surface area contributed by atoms with Crippen LogP contribution in [0.2, 0.25) is 0 Å². The summed E-state index contributed by atoms with van der Waals surface area (Å²) in [4.78, 5) is 0. The number of phenols is 1. The predicted octanol–water partition coefficient (Wildman–Crippen LogP) is 3.08. The summed E-state index contributed by atoms with van der Waals surface area (Å²) < 4.78 is 5.12. The van der Waals surface area contributed by atoms with Crippen LogP contribution in [0, 0.1) is 11.3 Å². The first-order valence-corrected chi connectivity index (χ1v) is 7.39. The van der Waals surface area contributed by atoms with E-state index in [-0.39, 0.29) is 5.75 Å². The molecule has 116 valence electrons. The minimum absolute atomic E-state index is 0.0582. The van der Waals surface area contributed by atoms with E-state index in [1.807, 2.05) is 30.3 Å². The van der Waals surface area contributed by atoms with Crippen molar-refractivity contribution in [3.8, 4) is 17.6 Å². The van der Waals surface area contributed by atoms with Gasteiger partial charge in [-0.2, -0.15) is 10.4 Å². The normalized spacial score (nSPS) is 15.0. The van der Waals surface area contributed by atoms with E-state index >= 15 is 0 Å². The van der Waals surface area contributed by atoms with E-state index in [9.17, 15) is 10.4 Å². The molecule has 1 atom stereocenters. The predicted molar refractivity (Wildman–Crippen MR) is 87.3 cm³/mol. The van der Waals surface area contributed by atoms with Crippen molar-refractivity contribution >= 4 is 5.71 Å². The van der Waals surface area contributed by atoms with Crippen LogP contribution in [-0.4, -0.2) is 29.5 Å². The first-order chi connectivity index (χ1) is 11.2. The number of ether oxygens (including phenoxy) is 1. The molecule has 23 heavy (non-hydrogen) atoms. The average Bonchev–Trinajstić information content (AvgIpc) is 3.07. The van der Waals surface area contributed by atoms with Gasteiger partial charge < -0.3 is 9.84 Å². The number of rotatable bonds is 4. The molecule has 1 aliphatic rings. The SMILES string of the molecule is COc1cc([C@@H](C#N)N2CCC(c3ccccc3)=N2)ccc1O. The summed E-state index contributed by atoms with van der Waals surface area (Å²) >= 11 is 0. The second-order valence-electron chi connectivity index (χ2n) is 5.29. The summed E-state index contributed by atoms with van der Waals surface area (Å²) in [5.41, 5.74) is 2.81. The van der Waals surface area contributed by atoms with Gasteiger partial charge in [-0.25, -0.2) is 0 Å². The van der Waals surface area contributed by atoms with Gasteiger partial charge in [0.1, 0.15) is 0 Å². The zero-order valence-electron chi connectivity index (χ0n) is 12.8. The third-order valence-electron chi connectivity index (χ3n) is 3.87. The minimum atomic E-state index is -0.509. The molecule has 0 fully saturated rings. The molecule has 0 aliphatic carbocycles. The van der Waals surface area contributed by atoms with Crippen molar-refractivity contribution in [2.24, 2.45) is 5.10 Å². The molecule has 0 unspecified atom stereocenters. The quantitative estimate of drug-likeness (QED) is 0.942. The summed E-state index contributed by atoms with van der Waals surface area (Å²) in [7, 11) is 1.49. The molecule has 0 saturated heterocycles. The van der Waals surface area contributed by atoms with E-state index < -0.39 is 6.04 Å². The molecule has 0 radical (unpaired) electrons. The van der Waals surface area contributed by atoms with E-state index in [4.69, 9.17) is 4.74 Å². The van der Waals surface area contributed by atoms with Crippen LogP contribution in [0.4, 0.5) is 0 Å². The Morgan fingerprint density at radius 3 is 2.74 bits per heavy atom. The van der Waals surface area contributed by atoms with Crippen molar-refractivity contribution in [2.45, 2.75) is 12.5 Å². The second-order valence-corrected chi connectivity index (χ2v) is 5.29. The summed E-state index contributed by atoms with van der Waals surface area (Å²) in [5.74, 6) is 0.414. The zero-order valence-corrected chi connectivity index (χ0v) is 12.8. The van der Waals surface area contributed by atoms with Gasteiger partial charge in [-0.3, -0.25) is 5.01 Å². The molecule has 0 spiro atoms. The number of methoxy groups -OCH3 is 1. The lowest BCUT2D eigenvalue weighted by molar-refractivity contribution is 0.273. The van der Waals surface area contributed by atoms with Crippen molar-refractivity contribution in [1.82, 2.24) is 5.01 Å². The Bertz CT molecular complexity index is 766. The molecule has 1 aliphatic heterocycles. The molecule has 5 heteroatoms. The largest absolute Gasteiger partial charge is 0.504 e. The molecule has 2 aromatic rings. The highest BCUT2D eigenvalue weighted by atomic mass is 16.5. The molecule has 0 aromatic heterocycles. The van der Waals surface area contributed by atoms with Gasteiger partial charge in [-0.05, 0) is 23.3 Å². The molecule has 2 aromatic carbocycles. The van der Waals surface area contributed by atoms with Gasteiger partial charge in [-0.15, -0.1) is 0 Å². The molecule has 0 bridgehead atoms. The maximum atomic E-state index is 9.70. The third kappa shape index (κ3) is 2.97. The van der Waals surface area contributed by atoms with Gasteiger partial charge in [0, 0.05) is 13.0 Å². The first-order valence-electron chi connectivity index (χ1n) is 7.39. The lowest BCUT2D eigenvalue weighted by Crippen LogP contribution is -2.20. The maximum absolute atomic E-state index is 9.70. The van der Waals surface area contributed by atoms with Gasteiger partial charge in [0.25, 0.3) is 0 Å². The van der Waals surface area contributed by atoms with Crippen molar-refractivity contribution in [1.29, 1.82) is 5.26 Å². The second kappa shape index (κ2) is 6.41. The lowest BCUT2D eigenvalue weighted by Gasteiger charge is -2.20. The van der Waals surface area contributed by atoms with Crippen molar-refractivity contribution < 1.29 is 9.84 Å². The number of hydrazone groups is 1. The Morgan fingerprint density at radius 1 is 1.26 bits per heavy atom. The standard InChI is InChI=1S/C18H17N3O2/c1-23-18-11-14(7-8-17(18)22)16(12-19)21-10-9-15(20-21)13-5-3-2-4-6-13/h2-8,11,16,22H,9-10H2,1H3/t16-/m1/s1. The number of hydrogen-bond acceptors (Lipinski definition) is 5. The van der Waals surface area contributed by atoms with E-state index in [0.717, 1.165) is 23.3 Å². The molecule has 5 nitrogen and oxygen atoms in total. The number of benzene rings is 2. The Morgan fingerprint density at radius 2 is 2.04 bits per heavy atom. The Hall–Kier alpha value is -3.00. The Balaban J connectivity index is 1.88. The lowest BCUT2D eigenvalue weighted by atomic mass is 10.1. The van der Waals surface area contributed by atoms with E-state index in [1.165, 1.54) is 13.2 Å². The van der Waals surface area contributed by atoms with Crippen LogP contribution in [0.25, 0.3) is 0 Å². The highest BCUT2D eigenvalue weighted by Crippen LogP contribution is 2.32. The smallest absolute Gasteiger partial charge is 0.160 e. The summed E-state index contributed by atoms with van der Waals surface area (Å²) in [6.45, 7) is 0.686. The summed E-state index contributed by atoms with van der Waals surface area (Å²) in [6.07, 6.45) is 0.803. The molecule has 0 amide bonds. The van der Waals surface area contributed by atoms with Gasteiger partial charge in [0.05, 0.1) is 18.9 Å².